The molecule has 0 saturated heterocycles. The third-order valence-corrected chi connectivity index (χ3v) is 5.85. The molecule has 3 aromatic heterocycles. The number of aromatic nitrogens is 3. The lowest BCUT2D eigenvalue weighted by Crippen LogP contribution is -2.08. The molecule has 3 heterocycles. The molecule has 1 aromatic carbocycles. The quantitative estimate of drug-likeness (QED) is 0.453. The summed E-state index contributed by atoms with van der Waals surface area (Å²) in [4.78, 5) is 10.1. The monoisotopic (exact) mass is 425 g/mol. The summed E-state index contributed by atoms with van der Waals surface area (Å²) in [5.74, 6) is 1.19. The molecular formula is C27H27N3O2. The summed E-state index contributed by atoms with van der Waals surface area (Å²) in [6.07, 6.45) is 11.2. The second kappa shape index (κ2) is 8.60. The van der Waals surface area contributed by atoms with Crippen molar-refractivity contribution in [3.8, 4) is 0 Å². The highest BCUT2D eigenvalue weighted by atomic mass is 16.3. The number of nitrogens with zero attached hydrogens (tertiary/aromatic N) is 3. The van der Waals surface area contributed by atoms with Crippen LogP contribution in [0.15, 0.2) is 77.6 Å². The van der Waals surface area contributed by atoms with Gasteiger partial charge in [0.25, 0.3) is 0 Å². The maximum absolute atomic E-state index is 9.86. The van der Waals surface area contributed by atoms with Crippen LogP contribution in [0.5, 0.6) is 0 Å². The Morgan fingerprint density at radius 1 is 1.06 bits per heavy atom. The van der Waals surface area contributed by atoms with Crippen LogP contribution in [0.4, 0.5) is 0 Å². The van der Waals surface area contributed by atoms with Crippen molar-refractivity contribution >= 4 is 11.2 Å². The van der Waals surface area contributed by atoms with E-state index in [2.05, 4.69) is 54.8 Å². The van der Waals surface area contributed by atoms with Crippen molar-refractivity contribution in [1.29, 1.82) is 0 Å². The van der Waals surface area contributed by atoms with Crippen LogP contribution in [0.2, 0.25) is 0 Å². The molecule has 5 heteroatoms. The first-order chi connectivity index (χ1) is 15.6. The number of benzene rings is 1. The molecule has 0 radical (unpaired) electrons. The molecule has 1 aliphatic rings. The van der Waals surface area contributed by atoms with Crippen LogP contribution in [-0.4, -0.2) is 25.6 Å². The van der Waals surface area contributed by atoms with Gasteiger partial charge in [0.1, 0.15) is 5.76 Å². The lowest BCUT2D eigenvalue weighted by Gasteiger charge is -2.14. The zero-order chi connectivity index (χ0) is 22.1. The van der Waals surface area contributed by atoms with Gasteiger partial charge in [0.15, 0.2) is 5.65 Å². The van der Waals surface area contributed by atoms with Gasteiger partial charge < -0.3 is 9.52 Å². The lowest BCUT2D eigenvalue weighted by atomic mass is 10.0. The van der Waals surface area contributed by atoms with E-state index in [0.717, 1.165) is 34.1 Å². The summed E-state index contributed by atoms with van der Waals surface area (Å²) in [6.45, 7) is 4.39. The molecule has 0 aliphatic heterocycles. The number of furan rings is 1. The van der Waals surface area contributed by atoms with Gasteiger partial charge in [-0.25, -0.2) is 9.97 Å². The van der Waals surface area contributed by atoms with Crippen LogP contribution in [-0.2, 0) is 12.8 Å². The smallest absolute Gasteiger partial charge is 0.159 e. The second-order valence-electron chi connectivity index (χ2n) is 8.61. The molecule has 5 nitrogen and oxygen atoms in total. The van der Waals surface area contributed by atoms with Crippen molar-refractivity contribution in [3.05, 3.63) is 107 Å². The van der Waals surface area contributed by atoms with Gasteiger partial charge in [0.05, 0.1) is 35.9 Å². The van der Waals surface area contributed by atoms with E-state index < -0.39 is 6.10 Å². The molecule has 162 valence electrons. The number of aliphatic hydroxyl groups is 1. The predicted molar refractivity (Wildman–Crippen MR) is 126 cm³/mol. The molecule has 0 spiro atoms. The molecule has 5 rings (SSSR count). The Kier molecular flexibility index (Phi) is 5.50. The van der Waals surface area contributed by atoms with Gasteiger partial charge in [-0.05, 0) is 35.6 Å². The molecule has 1 N–H and O–H groups in total. The number of hydrogen-bond donors (Lipinski definition) is 1. The first kappa shape index (κ1) is 20.5. The summed E-state index contributed by atoms with van der Waals surface area (Å²) >= 11 is 0. The highest BCUT2D eigenvalue weighted by Gasteiger charge is 2.21. The first-order valence-corrected chi connectivity index (χ1v) is 11.1. The summed E-state index contributed by atoms with van der Waals surface area (Å²) < 4.78 is 7.83. The third kappa shape index (κ3) is 4.04. The maximum atomic E-state index is 9.86. The Hall–Kier alpha value is -3.44. The minimum Gasteiger partial charge on any atom is -0.469 e. The second-order valence-corrected chi connectivity index (χ2v) is 8.61. The van der Waals surface area contributed by atoms with E-state index in [1.807, 2.05) is 30.4 Å². The fourth-order valence-electron chi connectivity index (χ4n) is 4.34. The minimum atomic E-state index is -0.425. The zero-order valence-electron chi connectivity index (χ0n) is 18.4. The Morgan fingerprint density at radius 2 is 1.91 bits per heavy atom. The van der Waals surface area contributed by atoms with Crippen LogP contribution in [0, 0.1) is 0 Å². The van der Waals surface area contributed by atoms with E-state index in [9.17, 15) is 5.11 Å². The summed E-state index contributed by atoms with van der Waals surface area (Å²) in [5, 5.41) is 9.86. The topological polar surface area (TPSA) is 63.6 Å². The molecule has 0 bridgehead atoms. The van der Waals surface area contributed by atoms with E-state index in [-0.39, 0.29) is 5.92 Å². The van der Waals surface area contributed by atoms with Crippen molar-refractivity contribution in [2.75, 3.05) is 0 Å². The molecule has 1 unspecified atom stereocenters. The number of allylic oxidation sites excluding steroid dienone is 2. The minimum absolute atomic E-state index is 0.285. The fraction of sp³-hybridized carbons (Fsp3) is 0.259. The summed E-state index contributed by atoms with van der Waals surface area (Å²) in [5.41, 5.74) is 7.16. The molecule has 32 heavy (non-hydrogen) atoms. The average Bonchev–Trinajstić information content (AvgIpc) is 3.43. The fourth-order valence-corrected chi connectivity index (χ4v) is 4.34. The van der Waals surface area contributed by atoms with E-state index in [1.165, 1.54) is 11.3 Å². The van der Waals surface area contributed by atoms with Gasteiger partial charge in [-0.15, -0.1) is 0 Å². The molecule has 0 amide bonds. The predicted octanol–water partition coefficient (Wildman–Crippen LogP) is 5.33. The van der Waals surface area contributed by atoms with Crippen LogP contribution >= 0.6 is 0 Å². The van der Waals surface area contributed by atoms with Gasteiger partial charge in [0, 0.05) is 18.3 Å². The van der Waals surface area contributed by atoms with E-state index in [1.54, 1.807) is 6.26 Å². The van der Waals surface area contributed by atoms with Crippen LogP contribution in [0.25, 0.3) is 11.2 Å². The highest BCUT2D eigenvalue weighted by Crippen LogP contribution is 2.29. The van der Waals surface area contributed by atoms with E-state index >= 15 is 0 Å². The average molecular weight is 426 g/mol. The molecular weight excluding hydrogens is 398 g/mol. The van der Waals surface area contributed by atoms with Crippen molar-refractivity contribution < 1.29 is 9.52 Å². The summed E-state index contributed by atoms with van der Waals surface area (Å²) in [7, 11) is 0. The first-order valence-electron chi connectivity index (χ1n) is 11.1. The van der Waals surface area contributed by atoms with Crippen molar-refractivity contribution in [2.24, 2.45) is 0 Å². The Morgan fingerprint density at radius 3 is 2.59 bits per heavy atom. The van der Waals surface area contributed by atoms with Gasteiger partial charge in [-0.2, -0.15) is 0 Å². The lowest BCUT2D eigenvalue weighted by molar-refractivity contribution is 0.226. The standard InChI is InChI=1S/C27H27N3O2/c1-18(2)26-23(16-22-9-6-14-32-22)29-27-24(15-19-7-4-3-5-8-19)28-25(17-30(26)27)20-10-12-21(31)13-11-20/h3-12,14,17-18,21,31H,13,15-16H2,1-2H3. The third-order valence-electron chi connectivity index (χ3n) is 5.85. The van der Waals surface area contributed by atoms with Crippen LogP contribution < -0.4 is 0 Å². The SMILES string of the molecule is CC(C)c1c(Cc2ccco2)nc2c(Cc3ccccc3)nc(C3=CCC(O)C=C3)cn12. The number of fused-ring (bicyclic) bond motifs is 1. The van der Waals surface area contributed by atoms with E-state index in [4.69, 9.17) is 14.4 Å². The van der Waals surface area contributed by atoms with Crippen molar-refractivity contribution in [1.82, 2.24) is 14.4 Å². The van der Waals surface area contributed by atoms with Crippen LogP contribution in [0.1, 0.15) is 60.3 Å². The van der Waals surface area contributed by atoms with Gasteiger partial charge in [-0.1, -0.05) is 62.4 Å². The van der Waals surface area contributed by atoms with Crippen molar-refractivity contribution in [3.63, 3.8) is 0 Å². The van der Waals surface area contributed by atoms with Crippen LogP contribution in [0.3, 0.4) is 0 Å². The number of rotatable bonds is 6. The molecule has 4 aromatic rings. The normalized spacial score (nSPS) is 16.1. The maximum Gasteiger partial charge on any atom is 0.159 e. The highest BCUT2D eigenvalue weighted by molar-refractivity contribution is 5.73. The van der Waals surface area contributed by atoms with Gasteiger partial charge >= 0.3 is 0 Å². The Bertz CT molecular complexity index is 1280. The van der Waals surface area contributed by atoms with Crippen molar-refractivity contribution in [2.45, 2.75) is 45.1 Å². The molecule has 1 aliphatic carbocycles. The van der Waals surface area contributed by atoms with Gasteiger partial charge in [-0.3, -0.25) is 4.40 Å². The Balaban J connectivity index is 1.69. The number of aliphatic hydroxyl groups excluding tert-OH is 1. The zero-order valence-corrected chi connectivity index (χ0v) is 18.4. The molecule has 0 saturated carbocycles. The summed E-state index contributed by atoms with van der Waals surface area (Å²) in [6, 6.07) is 14.3. The largest absolute Gasteiger partial charge is 0.469 e. The van der Waals surface area contributed by atoms with E-state index in [0.29, 0.717) is 19.3 Å². The molecule has 1 atom stereocenters. The van der Waals surface area contributed by atoms with Gasteiger partial charge in [0.2, 0.25) is 0 Å². The number of hydrogen-bond acceptors (Lipinski definition) is 4. The molecule has 0 fully saturated rings. The Labute approximate surface area is 187 Å². The number of imidazole rings is 1.